The van der Waals surface area contributed by atoms with Crippen LogP contribution in [0.5, 0.6) is 0 Å². The van der Waals surface area contributed by atoms with Crippen LogP contribution < -0.4 is 0 Å². The number of halogens is 1. The summed E-state index contributed by atoms with van der Waals surface area (Å²) in [4.78, 5) is 0. The molecule has 0 spiro atoms. The molecule has 1 fully saturated rings. The second-order valence-corrected chi connectivity index (χ2v) is 7.98. The van der Waals surface area contributed by atoms with E-state index < -0.39 is 0 Å². The van der Waals surface area contributed by atoms with Crippen molar-refractivity contribution >= 4 is 22.6 Å². The summed E-state index contributed by atoms with van der Waals surface area (Å²) in [6.45, 7) is 4.35. The molecule has 5 rings (SSSR count). The zero-order valence-corrected chi connectivity index (χ0v) is 16.2. The Morgan fingerprint density at radius 2 is 1.54 bits per heavy atom. The van der Waals surface area contributed by atoms with Crippen LogP contribution in [0.4, 0.5) is 0 Å². The van der Waals surface area contributed by atoms with Gasteiger partial charge >= 0.3 is 0 Å². The first-order valence-electron chi connectivity index (χ1n) is 9.26. The van der Waals surface area contributed by atoms with Gasteiger partial charge in [-0.25, -0.2) is 4.68 Å². The fraction of sp³-hybridized carbons (Fsp3) is 0.227. The molecule has 1 saturated heterocycles. The van der Waals surface area contributed by atoms with E-state index in [0.717, 1.165) is 35.4 Å². The molecule has 5 nitrogen and oxygen atoms in total. The Kier molecular flexibility index (Phi) is 4.14. The molecule has 0 radical (unpaired) electrons. The maximum atomic E-state index is 6.88. The van der Waals surface area contributed by atoms with Gasteiger partial charge in [0.2, 0.25) is 0 Å². The highest BCUT2D eigenvalue weighted by Gasteiger charge is 2.35. The highest BCUT2D eigenvalue weighted by Crippen LogP contribution is 2.38. The van der Waals surface area contributed by atoms with Crippen molar-refractivity contribution in [1.82, 2.24) is 20.0 Å². The van der Waals surface area contributed by atoms with E-state index in [4.69, 9.17) is 21.4 Å². The van der Waals surface area contributed by atoms with E-state index in [1.165, 1.54) is 0 Å². The molecular formula is C22H19ClN4O. The van der Waals surface area contributed by atoms with E-state index in [1.807, 2.05) is 65.3 Å². The molecule has 0 N–H and O–H groups in total. The zero-order valence-electron chi connectivity index (χ0n) is 15.5. The number of hydrogen-bond donors (Lipinski definition) is 0. The fourth-order valence-electron chi connectivity index (χ4n) is 3.61. The van der Waals surface area contributed by atoms with Crippen LogP contribution in [0.15, 0.2) is 60.7 Å². The minimum Gasteiger partial charge on any atom is -0.380 e. The van der Waals surface area contributed by atoms with E-state index in [9.17, 15) is 0 Å². The van der Waals surface area contributed by atoms with Gasteiger partial charge in [-0.05, 0) is 0 Å². The molecule has 1 aliphatic heterocycles. The minimum absolute atomic E-state index is 0.0547. The Bertz CT molecular complexity index is 1140. The molecule has 28 heavy (non-hydrogen) atoms. The molecule has 140 valence electrons. The maximum absolute atomic E-state index is 6.88. The number of aromatic nitrogens is 4. The Labute approximate surface area is 167 Å². The van der Waals surface area contributed by atoms with Crippen molar-refractivity contribution in [1.29, 1.82) is 0 Å². The van der Waals surface area contributed by atoms with Gasteiger partial charge in [-0.15, -0.1) is 10.2 Å². The lowest BCUT2D eigenvalue weighted by Gasteiger charge is -2.37. The average molecular weight is 391 g/mol. The van der Waals surface area contributed by atoms with E-state index in [0.29, 0.717) is 22.9 Å². The van der Waals surface area contributed by atoms with Crippen molar-refractivity contribution in [3.05, 3.63) is 65.7 Å². The van der Waals surface area contributed by atoms with Crippen molar-refractivity contribution in [3.63, 3.8) is 0 Å². The van der Waals surface area contributed by atoms with Crippen molar-refractivity contribution in [2.24, 2.45) is 5.41 Å². The maximum Gasteiger partial charge on any atom is 0.182 e. The lowest BCUT2D eigenvalue weighted by molar-refractivity contribution is -0.111. The summed E-state index contributed by atoms with van der Waals surface area (Å²) in [5, 5.41) is 15.3. The lowest BCUT2D eigenvalue weighted by Crippen LogP contribution is -2.43. The summed E-state index contributed by atoms with van der Waals surface area (Å²) in [5.41, 5.74) is 4.21. The van der Waals surface area contributed by atoms with E-state index in [1.54, 1.807) is 0 Å². The van der Waals surface area contributed by atoms with Crippen LogP contribution in [0, 0.1) is 5.41 Å². The van der Waals surface area contributed by atoms with E-state index >= 15 is 0 Å². The Balaban J connectivity index is 1.74. The third-order valence-electron chi connectivity index (χ3n) is 5.12. The molecule has 0 bridgehead atoms. The van der Waals surface area contributed by atoms with Crippen molar-refractivity contribution in [3.8, 4) is 22.5 Å². The quantitative estimate of drug-likeness (QED) is 0.499. The number of fused-ring (bicyclic) bond motifs is 1. The van der Waals surface area contributed by atoms with Gasteiger partial charge in [0, 0.05) is 16.5 Å². The largest absolute Gasteiger partial charge is 0.380 e. The number of hydrogen-bond acceptors (Lipinski definition) is 4. The lowest BCUT2D eigenvalue weighted by atomic mass is 9.89. The van der Waals surface area contributed by atoms with Crippen LogP contribution in [-0.2, 0) is 11.3 Å². The van der Waals surface area contributed by atoms with Gasteiger partial charge in [0.05, 0.1) is 30.2 Å². The van der Waals surface area contributed by atoms with Crippen LogP contribution in [0.25, 0.3) is 33.5 Å². The van der Waals surface area contributed by atoms with Crippen LogP contribution in [0.3, 0.4) is 0 Å². The van der Waals surface area contributed by atoms with Crippen LogP contribution in [0.1, 0.15) is 6.92 Å². The number of rotatable bonds is 4. The van der Waals surface area contributed by atoms with Gasteiger partial charge < -0.3 is 4.74 Å². The van der Waals surface area contributed by atoms with Gasteiger partial charge in [-0.2, -0.15) is 5.10 Å². The summed E-state index contributed by atoms with van der Waals surface area (Å²) >= 11 is 6.88. The van der Waals surface area contributed by atoms with Gasteiger partial charge in [-0.3, -0.25) is 0 Å². The molecule has 4 aromatic rings. The molecule has 0 unspecified atom stereocenters. The summed E-state index contributed by atoms with van der Waals surface area (Å²) in [5.74, 6) is 0. The summed E-state index contributed by atoms with van der Waals surface area (Å²) in [7, 11) is 0. The summed E-state index contributed by atoms with van der Waals surface area (Å²) < 4.78 is 7.34. The standard InChI is InChI=1S/C22H19ClN4O/c1-22(13-28-14-22)12-27-21-17(19(26-27)15-8-4-2-5-9-15)18(23)20(24-25-21)16-10-6-3-7-11-16/h2-11H,12-14H2,1H3. The predicted octanol–water partition coefficient (Wildman–Crippen LogP) is 4.85. The molecule has 2 aromatic carbocycles. The molecule has 0 atom stereocenters. The molecular weight excluding hydrogens is 372 g/mol. The fourth-order valence-corrected chi connectivity index (χ4v) is 3.93. The highest BCUT2D eigenvalue weighted by molar-refractivity contribution is 6.38. The molecule has 2 aromatic heterocycles. The summed E-state index contributed by atoms with van der Waals surface area (Å²) in [6, 6.07) is 20.0. The first-order valence-corrected chi connectivity index (χ1v) is 9.64. The molecule has 6 heteroatoms. The van der Waals surface area contributed by atoms with Crippen molar-refractivity contribution in [2.75, 3.05) is 13.2 Å². The smallest absolute Gasteiger partial charge is 0.182 e. The third-order valence-corrected chi connectivity index (χ3v) is 5.49. The summed E-state index contributed by atoms with van der Waals surface area (Å²) in [6.07, 6.45) is 0. The third kappa shape index (κ3) is 2.87. The van der Waals surface area contributed by atoms with Crippen LogP contribution >= 0.6 is 11.6 Å². The SMILES string of the molecule is CC1(Cn2nc(-c3ccccc3)c3c(Cl)c(-c4ccccc4)nnc32)COC1. The molecule has 1 aliphatic rings. The van der Waals surface area contributed by atoms with Crippen LogP contribution in [0.2, 0.25) is 5.02 Å². The van der Waals surface area contributed by atoms with Gasteiger partial charge in [0.25, 0.3) is 0 Å². The highest BCUT2D eigenvalue weighted by atomic mass is 35.5. The number of benzene rings is 2. The normalized spacial score (nSPS) is 15.5. The topological polar surface area (TPSA) is 52.8 Å². The predicted molar refractivity (Wildman–Crippen MR) is 110 cm³/mol. The van der Waals surface area contributed by atoms with Crippen molar-refractivity contribution < 1.29 is 4.74 Å². The molecule has 0 saturated carbocycles. The first kappa shape index (κ1) is 17.3. The second kappa shape index (κ2) is 6.69. The van der Waals surface area contributed by atoms with Gasteiger partial charge in [0.1, 0.15) is 11.4 Å². The number of nitrogens with zero attached hydrogens (tertiary/aromatic N) is 4. The Hall–Kier alpha value is -2.76. The molecule has 0 aliphatic carbocycles. The Morgan fingerprint density at radius 1 is 0.929 bits per heavy atom. The molecule has 3 heterocycles. The monoisotopic (exact) mass is 390 g/mol. The van der Waals surface area contributed by atoms with Gasteiger partial charge in [-0.1, -0.05) is 79.2 Å². The zero-order chi connectivity index (χ0) is 19.1. The number of ether oxygens (including phenoxy) is 1. The first-order chi connectivity index (χ1) is 13.6. The van der Waals surface area contributed by atoms with E-state index in [2.05, 4.69) is 17.1 Å². The minimum atomic E-state index is 0.0547. The Morgan fingerprint density at radius 3 is 2.11 bits per heavy atom. The molecule has 0 amide bonds. The van der Waals surface area contributed by atoms with E-state index in [-0.39, 0.29) is 5.41 Å². The second-order valence-electron chi connectivity index (χ2n) is 7.60. The van der Waals surface area contributed by atoms with Gasteiger partial charge in [0.15, 0.2) is 5.65 Å². The van der Waals surface area contributed by atoms with Crippen molar-refractivity contribution in [2.45, 2.75) is 13.5 Å². The average Bonchev–Trinajstić information content (AvgIpc) is 3.07. The van der Waals surface area contributed by atoms with Crippen LogP contribution in [-0.4, -0.2) is 33.2 Å².